The lowest BCUT2D eigenvalue weighted by molar-refractivity contribution is -0.126. The van der Waals surface area contributed by atoms with Gasteiger partial charge in [-0.2, -0.15) is 10.2 Å². The standard InChI is InChI=1S/C24H30N4O8/c1-31-17-9-7-15(21(33-3)23(17)35-5)13-25-27-19(29)11-12-20(30)28-26-14-16-8-10-18(32-2)24(36-6)22(16)34-4/h7-10,13-14H,11-12H2,1-6H3,(H,27,29)(H,28,30)/b25-13+,26-14+. The van der Waals surface area contributed by atoms with Crippen molar-refractivity contribution < 1.29 is 38.0 Å². The van der Waals surface area contributed by atoms with Crippen LogP contribution in [-0.4, -0.2) is 66.9 Å². The van der Waals surface area contributed by atoms with E-state index in [4.69, 9.17) is 28.4 Å². The number of carbonyl (C=O) groups is 2. The number of methoxy groups -OCH3 is 6. The topological polar surface area (TPSA) is 138 Å². The second-order valence-corrected chi connectivity index (χ2v) is 6.93. The van der Waals surface area contributed by atoms with Gasteiger partial charge >= 0.3 is 0 Å². The first-order valence-electron chi connectivity index (χ1n) is 10.7. The minimum atomic E-state index is -0.452. The van der Waals surface area contributed by atoms with Gasteiger partial charge in [0.25, 0.3) is 0 Å². The third kappa shape index (κ3) is 7.01. The van der Waals surface area contributed by atoms with Crippen LogP contribution in [0.4, 0.5) is 0 Å². The van der Waals surface area contributed by atoms with Crippen molar-refractivity contribution in [1.82, 2.24) is 10.9 Å². The van der Waals surface area contributed by atoms with Gasteiger partial charge < -0.3 is 28.4 Å². The molecule has 0 radical (unpaired) electrons. The lowest BCUT2D eigenvalue weighted by Crippen LogP contribution is -2.22. The minimum Gasteiger partial charge on any atom is -0.493 e. The molecule has 2 rings (SSSR count). The first-order chi connectivity index (χ1) is 17.4. The van der Waals surface area contributed by atoms with Crippen molar-refractivity contribution in [2.45, 2.75) is 12.8 Å². The summed E-state index contributed by atoms with van der Waals surface area (Å²) in [5.74, 6) is 1.69. The van der Waals surface area contributed by atoms with Gasteiger partial charge in [0.2, 0.25) is 23.3 Å². The second kappa shape index (κ2) is 14.0. The summed E-state index contributed by atoms with van der Waals surface area (Å²) >= 11 is 0. The number of carbonyl (C=O) groups excluding carboxylic acids is 2. The van der Waals surface area contributed by atoms with Crippen LogP contribution in [0.3, 0.4) is 0 Å². The number of benzene rings is 2. The van der Waals surface area contributed by atoms with E-state index in [9.17, 15) is 9.59 Å². The molecule has 2 amide bonds. The Morgan fingerprint density at radius 3 is 1.28 bits per heavy atom. The van der Waals surface area contributed by atoms with Crippen LogP contribution in [-0.2, 0) is 9.59 Å². The van der Waals surface area contributed by atoms with Gasteiger partial charge in [0.1, 0.15) is 0 Å². The van der Waals surface area contributed by atoms with Gasteiger partial charge in [-0.25, -0.2) is 10.9 Å². The van der Waals surface area contributed by atoms with E-state index in [1.807, 2.05) is 0 Å². The van der Waals surface area contributed by atoms with E-state index < -0.39 is 11.8 Å². The number of ether oxygens (including phenoxy) is 6. The average molecular weight is 503 g/mol. The molecule has 12 nitrogen and oxygen atoms in total. The SMILES string of the molecule is COc1ccc(/C=N/NC(=O)CCC(=O)N/N=C/c2ccc(OC)c(OC)c2OC)c(OC)c1OC. The first kappa shape index (κ1) is 27.8. The van der Waals surface area contributed by atoms with Crippen molar-refractivity contribution in [1.29, 1.82) is 0 Å². The van der Waals surface area contributed by atoms with E-state index in [1.165, 1.54) is 55.1 Å². The highest BCUT2D eigenvalue weighted by molar-refractivity contribution is 5.89. The van der Waals surface area contributed by atoms with Crippen LogP contribution in [0, 0.1) is 0 Å². The van der Waals surface area contributed by atoms with Crippen molar-refractivity contribution in [3.63, 3.8) is 0 Å². The second-order valence-electron chi connectivity index (χ2n) is 6.93. The van der Waals surface area contributed by atoms with Crippen LogP contribution in [0.5, 0.6) is 34.5 Å². The molecule has 0 atom stereocenters. The Kier molecular flexibility index (Phi) is 10.8. The molecule has 36 heavy (non-hydrogen) atoms. The largest absolute Gasteiger partial charge is 0.493 e. The Balaban J connectivity index is 1.90. The highest BCUT2D eigenvalue weighted by Crippen LogP contribution is 2.39. The fourth-order valence-electron chi connectivity index (χ4n) is 3.14. The average Bonchev–Trinajstić information content (AvgIpc) is 2.90. The summed E-state index contributed by atoms with van der Waals surface area (Å²) in [6.45, 7) is 0. The van der Waals surface area contributed by atoms with Crippen molar-refractivity contribution in [3.05, 3.63) is 35.4 Å². The van der Waals surface area contributed by atoms with Gasteiger partial charge in [-0.15, -0.1) is 0 Å². The molecule has 0 aromatic heterocycles. The number of rotatable bonds is 13. The maximum absolute atomic E-state index is 12.1. The highest BCUT2D eigenvalue weighted by Gasteiger charge is 2.16. The van der Waals surface area contributed by atoms with E-state index in [-0.39, 0.29) is 12.8 Å². The van der Waals surface area contributed by atoms with Gasteiger partial charge in [-0.1, -0.05) is 0 Å². The fourth-order valence-corrected chi connectivity index (χ4v) is 3.14. The normalized spacial score (nSPS) is 10.7. The van der Waals surface area contributed by atoms with E-state index in [2.05, 4.69) is 21.1 Å². The molecule has 2 N–H and O–H groups in total. The number of nitrogens with zero attached hydrogens (tertiary/aromatic N) is 2. The smallest absolute Gasteiger partial charge is 0.240 e. The Bertz CT molecular complexity index is 1030. The Morgan fingerprint density at radius 2 is 0.972 bits per heavy atom. The zero-order valence-electron chi connectivity index (χ0n) is 21.0. The lowest BCUT2D eigenvalue weighted by Gasteiger charge is -2.13. The van der Waals surface area contributed by atoms with E-state index in [0.29, 0.717) is 45.6 Å². The first-order valence-corrected chi connectivity index (χ1v) is 10.7. The Morgan fingerprint density at radius 1 is 0.611 bits per heavy atom. The molecule has 2 aromatic rings. The van der Waals surface area contributed by atoms with Gasteiger partial charge in [-0.05, 0) is 24.3 Å². The maximum atomic E-state index is 12.1. The number of hydrogen-bond donors (Lipinski definition) is 2. The molecule has 0 spiro atoms. The summed E-state index contributed by atoms with van der Waals surface area (Å²) in [5.41, 5.74) is 5.86. The highest BCUT2D eigenvalue weighted by atomic mass is 16.5. The van der Waals surface area contributed by atoms with Crippen LogP contribution >= 0.6 is 0 Å². The van der Waals surface area contributed by atoms with E-state index >= 15 is 0 Å². The number of hydrazone groups is 2. The molecule has 0 aliphatic heterocycles. The van der Waals surface area contributed by atoms with Crippen LogP contribution < -0.4 is 39.3 Å². The number of nitrogens with one attached hydrogen (secondary N) is 2. The van der Waals surface area contributed by atoms with Gasteiger partial charge in [0, 0.05) is 24.0 Å². The maximum Gasteiger partial charge on any atom is 0.240 e. The third-order valence-corrected chi connectivity index (χ3v) is 4.83. The van der Waals surface area contributed by atoms with Crippen molar-refractivity contribution in [2.75, 3.05) is 42.7 Å². The Labute approximate surface area is 209 Å². The third-order valence-electron chi connectivity index (χ3n) is 4.83. The molecule has 0 aliphatic carbocycles. The molecule has 12 heteroatoms. The molecule has 0 aliphatic rings. The molecule has 0 saturated carbocycles. The Hall–Kier alpha value is -4.48. The summed E-state index contributed by atoms with van der Waals surface area (Å²) in [6, 6.07) is 6.78. The van der Waals surface area contributed by atoms with Crippen molar-refractivity contribution in [3.8, 4) is 34.5 Å². The van der Waals surface area contributed by atoms with Crippen LogP contribution in [0.15, 0.2) is 34.5 Å². The summed E-state index contributed by atoms with van der Waals surface area (Å²) in [5, 5.41) is 7.82. The molecular formula is C24H30N4O8. The van der Waals surface area contributed by atoms with E-state index in [0.717, 1.165) is 0 Å². The molecule has 0 fully saturated rings. The predicted molar refractivity (Wildman–Crippen MR) is 133 cm³/mol. The fraction of sp³-hybridized carbons (Fsp3) is 0.333. The number of amides is 2. The molecule has 0 unspecified atom stereocenters. The zero-order chi connectivity index (χ0) is 26.5. The molecular weight excluding hydrogens is 472 g/mol. The molecule has 0 bridgehead atoms. The summed E-state index contributed by atoms with van der Waals surface area (Å²) in [6.07, 6.45) is 2.61. The summed E-state index contributed by atoms with van der Waals surface area (Å²) in [4.78, 5) is 24.1. The van der Waals surface area contributed by atoms with Gasteiger partial charge in [0.15, 0.2) is 23.0 Å². The van der Waals surface area contributed by atoms with E-state index in [1.54, 1.807) is 24.3 Å². The monoisotopic (exact) mass is 502 g/mol. The van der Waals surface area contributed by atoms with Crippen LogP contribution in [0.25, 0.3) is 0 Å². The molecule has 194 valence electrons. The van der Waals surface area contributed by atoms with Crippen LogP contribution in [0.2, 0.25) is 0 Å². The molecule has 2 aromatic carbocycles. The quantitative estimate of drug-likeness (QED) is 0.314. The molecule has 0 saturated heterocycles. The van der Waals surface area contributed by atoms with Gasteiger partial charge in [-0.3, -0.25) is 9.59 Å². The van der Waals surface area contributed by atoms with Crippen molar-refractivity contribution >= 4 is 24.2 Å². The predicted octanol–water partition coefficient (Wildman–Crippen LogP) is 2.12. The zero-order valence-corrected chi connectivity index (χ0v) is 21.0. The summed E-state index contributed by atoms with van der Waals surface area (Å²) in [7, 11) is 8.97. The minimum absolute atomic E-state index is 0.0958. The number of hydrogen-bond acceptors (Lipinski definition) is 10. The molecule has 0 heterocycles. The van der Waals surface area contributed by atoms with Crippen LogP contribution in [0.1, 0.15) is 24.0 Å². The lowest BCUT2D eigenvalue weighted by atomic mass is 10.2. The summed E-state index contributed by atoms with van der Waals surface area (Å²) < 4.78 is 31.8. The van der Waals surface area contributed by atoms with Crippen molar-refractivity contribution in [2.24, 2.45) is 10.2 Å². The van der Waals surface area contributed by atoms with Gasteiger partial charge in [0.05, 0.1) is 55.1 Å².